The smallest absolute Gasteiger partial charge is 0.252 e. The lowest BCUT2D eigenvalue weighted by Gasteiger charge is -2.46. The van der Waals surface area contributed by atoms with Gasteiger partial charge in [-0.2, -0.15) is 0 Å². The second-order valence-electron chi connectivity index (χ2n) is 33.2. The quantitative estimate of drug-likeness (QED) is 0.102. The summed E-state index contributed by atoms with van der Waals surface area (Å²) in [6.45, 7) is 19.6. The van der Waals surface area contributed by atoms with Crippen LogP contribution in [0.5, 0.6) is 0 Å². The summed E-state index contributed by atoms with van der Waals surface area (Å²) in [6, 6.07) is 94.2. The van der Waals surface area contributed by atoms with E-state index in [4.69, 9.17) is 44.9 Å². The first-order valence-corrected chi connectivity index (χ1v) is 39.8. The molecule has 0 aliphatic carbocycles. The van der Waals surface area contributed by atoms with Crippen molar-refractivity contribution in [1.82, 2.24) is 49.4 Å². The number of benzene rings is 14. The Balaban J connectivity index is 0.971. The molecule has 4 aromatic heterocycles. The van der Waals surface area contributed by atoms with Crippen LogP contribution in [0.2, 0.25) is 0 Å². The fraction of sp³-hybridized carbons (Fsp3) is 0.114. The summed E-state index contributed by atoms with van der Waals surface area (Å²) >= 11 is 0. The largest absolute Gasteiger partial charge is 0.311 e. The molecule has 18 aromatic rings. The van der Waals surface area contributed by atoms with Gasteiger partial charge < -0.3 is 14.4 Å². The van der Waals surface area contributed by atoms with Crippen molar-refractivity contribution in [3.63, 3.8) is 0 Å². The lowest BCUT2D eigenvalue weighted by molar-refractivity contribution is 0.569. The summed E-state index contributed by atoms with van der Waals surface area (Å²) in [5.41, 5.74) is 17.6. The summed E-state index contributed by atoms with van der Waals surface area (Å²) in [5, 5.41) is -0.118. The molecular weight excluding hydrogens is 1440 g/mol. The zero-order chi connectivity index (χ0) is 87.1. The van der Waals surface area contributed by atoms with Crippen LogP contribution < -0.4 is 26.2 Å². The Kier molecular flexibility index (Phi) is 15.6. The van der Waals surface area contributed by atoms with Crippen LogP contribution in [0, 0.1) is 0 Å². The van der Waals surface area contributed by atoms with Crippen LogP contribution in [-0.4, -0.2) is 56.1 Å². The monoisotopic (exact) mass is 1530 g/mol. The Labute approximate surface area is 699 Å². The van der Waals surface area contributed by atoms with Gasteiger partial charge in [0.25, 0.3) is 6.71 Å². The fourth-order valence-corrected chi connectivity index (χ4v) is 16.4. The molecule has 20 rings (SSSR count). The predicted octanol–water partition coefficient (Wildman–Crippen LogP) is 24.0. The van der Waals surface area contributed by atoms with Crippen LogP contribution in [0.1, 0.15) is 90.0 Å². The number of hydrogen-bond donors (Lipinski definition) is 0. The molecule has 118 heavy (non-hydrogen) atoms. The van der Waals surface area contributed by atoms with Crippen molar-refractivity contribution in [2.24, 2.45) is 0 Å². The third-order valence-electron chi connectivity index (χ3n) is 22.4. The SMILES string of the molecule is [2H]c1c([2H])c([2H])c2c(c1[2H])c1c([2H])c([2H])c([2H])c([2H])c1n2-c1ccc2c(c1)N(c1c(-c3nc(-c4ccccc4)nc(-c4ccccc4)n3)cccc1-c1nc(-c3ccccc3)nc(-c3ccccc3)n1)c1cc(C(C)(C)C)cc3c1B2c1ccc(-c2cc(C(C)(C)C)cc(C(C)(C)C)c2)cc1N3c1ccccc1-c1nc(-c2ccccc2)nc(-c2ccccc2)n1. The molecule has 0 amide bonds. The minimum atomic E-state index is -0.657. The van der Waals surface area contributed by atoms with E-state index in [9.17, 15) is 11.0 Å². The van der Waals surface area contributed by atoms with Crippen LogP contribution in [0.4, 0.5) is 34.1 Å². The van der Waals surface area contributed by atoms with Gasteiger partial charge in [-0.05, 0) is 127 Å². The third kappa shape index (κ3) is 13.1. The van der Waals surface area contributed by atoms with Gasteiger partial charge in [0.2, 0.25) is 0 Å². The highest BCUT2D eigenvalue weighted by Crippen LogP contribution is 2.53. The predicted molar refractivity (Wildman–Crippen MR) is 485 cm³/mol. The van der Waals surface area contributed by atoms with Crippen molar-refractivity contribution in [2.75, 3.05) is 9.80 Å². The summed E-state index contributed by atoms with van der Waals surface area (Å²) in [4.78, 5) is 53.9. The minimum absolute atomic E-state index is 0.0387. The molecular formula is C105H83BN12. The van der Waals surface area contributed by atoms with Crippen LogP contribution in [0.3, 0.4) is 0 Å². The molecule has 6 heterocycles. The highest BCUT2D eigenvalue weighted by molar-refractivity contribution is 7.00. The van der Waals surface area contributed by atoms with Crippen LogP contribution >= 0.6 is 0 Å². The van der Waals surface area contributed by atoms with Crippen molar-refractivity contribution < 1.29 is 11.0 Å². The maximum Gasteiger partial charge on any atom is 0.252 e. The van der Waals surface area contributed by atoms with Gasteiger partial charge in [-0.15, -0.1) is 0 Å². The number of anilines is 6. The first-order chi connectivity index (χ1) is 60.7. The fourth-order valence-electron chi connectivity index (χ4n) is 16.4. The first kappa shape index (κ1) is 63.9. The zero-order valence-corrected chi connectivity index (χ0v) is 66.7. The minimum Gasteiger partial charge on any atom is -0.311 e. The van der Waals surface area contributed by atoms with E-state index >= 15 is 0 Å². The van der Waals surface area contributed by atoms with E-state index in [1.807, 2.05) is 218 Å². The van der Waals surface area contributed by atoms with Gasteiger partial charge >= 0.3 is 0 Å². The van der Waals surface area contributed by atoms with Gasteiger partial charge in [0.05, 0.1) is 33.4 Å². The highest BCUT2D eigenvalue weighted by atomic mass is 15.2. The third-order valence-corrected chi connectivity index (χ3v) is 22.4. The molecule has 0 unspecified atom stereocenters. The molecule has 2 aliphatic rings. The van der Waals surface area contributed by atoms with Crippen molar-refractivity contribution in [1.29, 1.82) is 0 Å². The normalized spacial score (nSPS) is 13.5. The Morgan fingerprint density at radius 3 is 1.02 bits per heavy atom. The van der Waals surface area contributed by atoms with Gasteiger partial charge in [-0.25, -0.2) is 44.9 Å². The van der Waals surface area contributed by atoms with E-state index in [0.29, 0.717) is 80.2 Å². The topological polar surface area (TPSA) is 127 Å². The number of hydrogen-bond acceptors (Lipinski definition) is 11. The van der Waals surface area contributed by atoms with Crippen molar-refractivity contribution in [3.05, 3.63) is 356 Å². The molecule has 0 N–H and O–H groups in total. The number of para-hydroxylation sites is 4. The van der Waals surface area contributed by atoms with Gasteiger partial charge in [-0.1, -0.05) is 335 Å². The first-order valence-electron chi connectivity index (χ1n) is 43.8. The van der Waals surface area contributed by atoms with Gasteiger partial charge in [0, 0.05) is 89.3 Å². The zero-order valence-electron chi connectivity index (χ0n) is 74.7. The van der Waals surface area contributed by atoms with E-state index in [-0.39, 0.29) is 44.3 Å². The number of rotatable bonds is 13. The summed E-state index contributed by atoms with van der Waals surface area (Å²) < 4.78 is 78.3. The molecule has 0 fully saturated rings. The molecule has 13 heteroatoms. The van der Waals surface area contributed by atoms with Crippen LogP contribution in [0.15, 0.2) is 340 Å². The van der Waals surface area contributed by atoms with Gasteiger partial charge in [-0.3, -0.25) is 0 Å². The molecule has 0 atom stereocenters. The van der Waals surface area contributed by atoms with Gasteiger partial charge in [0.1, 0.15) is 0 Å². The Bertz CT molecular complexity index is 7030. The van der Waals surface area contributed by atoms with E-state index in [1.165, 1.54) is 11.1 Å². The Morgan fingerprint density at radius 2 is 0.602 bits per heavy atom. The maximum atomic E-state index is 10.0. The maximum absolute atomic E-state index is 10.0. The Morgan fingerprint density at radius 1 is 0.263 bits per heavy atom. The average molecular weight is 1530 g/mol. The molecule has 0 saturated heterocycles. The highest BCUT2D eigenvalue weighted by Gasteiger charge is 2.46. The van der Waals surface area contributed by atoms with Crippen molar-refractivity contribution >= 4 is 79.0 Å². The molecule has 566 valence electrons. The molecule has 0 saturated carbocycles. The van der Waals surface area contributed by atoms with Crippen LogP contribution in [-0.2, 0) is 16.2 Å². The molecule has 0 bridgehead atoms. The van der Waals surface area contributed by atoms with E-state index in [2.05, 4.69) is 145 Å². The molecule has 0 radical (unpaired) electrons. The molecule has 0 spiro atoms. The van der Waals surface area contributed by atoms with E-state index < -0.39 is 60.5 Å². The van der Waals surface area contributed by atoms with E-state index in [0.717, 1.165) is 83.5 Å². The van der Waals surface area contributed by atoms with Crippen molar-refractivity contribution in [2.45, 2.75) is 78.6 Å². The molecule has 2 aliphatic heterocycles. The van der Waals surface area contributed by atoms with E-state index in [1.54, 1.807) is 4.57 Å². The lowest BCUT2D eigenvalue weighted by atomic mass is 9.33. The second kappa shape index (κ2) is 28.8. The number of nitrogens with zero attached hydrogens (tertiary/aromatic N) is 12. The average Bonchev–Trinajstić information content (AvgIpc) is 0.688. The molecule has 12 nitrogen and oxygen atoms in total. The lowest BCUT2D eigenvalue weighted by Crippen LogP contribution is -2.61. The van der Waals surface area contributed by atoms with Gasteiger partial charge in [0.15, 0.2) is 52.4 Å². The van der Waals surface area contributed by atoms with Crippen LogP contribution in [0.25, 0.3) is 141 Å². The number of fused-ring (bicyclic) bond motifs is 7. The summed E-state index contributed by atoms with van der Waals surface area (Å²) in [6.07, 6.45) is 0. The molecule has 14 aromatic carbocycles. The standard InChI is InChI=1S/C105H83BN12/c1-103(2,3)74-59-73(60-75(62-74)104(4,5)6)72-55-57-83-88(61-72)117(87-54-33-30-49-80(87)100-110-94(66-35-16-10-17-36-66)107-95(111-100)67-37-18-11-19-38-67)90-63-76(105(7,8)9)64-91-92(90)106(83)84-58-56-77(116-85-52-31-28-47-78(85)79-48-29-32-53-86(79)116)65-89(84)118(91)93-81(101-112-96(68-39-20-12-21-40-68)108-97(113-101)69-41-22-13-23-42-69)50-34-51-82(93)102-114-98(70-43-24-14-25-44-70)109-99(115-102)71-45-26-15-27-46-71/h10-65H,1-9H3/i28D,29D,31D,32D,47D,48D,52D,53D. The summed E-state index contributed by atoms with van der Waals surface area (Å²) in [7, 11) is 0. The van der Waals surface area contributed by atoms with Crippen molar-refractivity contribution in [3.8, 4) is 119 Å². The Hall–Kier alpha value is -14.4. The second-order valence-corrected chi connectivity index (χ2v) is 33.2. The number of aromatic nitrogens is 10. The summed E-state index contributed by atoms with van der Waals surface area (Å²) in [5.74, 6) is 3.61.